The first-order valence-electron chi connectivity index (χ1n) is 8.38. The van der Waals surface area contributed by atoms with E-state index in [1.165, 1.54) is 12.8 Å². The van der Waals surface area contributed by atoms with Crippen molar-refractivity contribution >= 4 is 0 Å². The van der Waals surface area contributed by atoms with Crippen LogP contribution in [-0.2, 0) is 5.60 Å². The first-order chi connectivity index (χ1) is 9.89. The van der Waals surface area contributed by atoms with Gasteiger partial charge in [0.15, 0.2) is 0 Å². The summed E-state index contributed by atoms with van der Waals surface area (Å²) >= 11 is 0. The maximum absolute atomic E-state index is 11.1. The molecule has 0 aromatic heterocycles. The topological polar surface area (TPSA) is 29.5 Å². The summed E-state index contributed by atoms with van der Waals surface area (Å²) in [6.07, 6.45) is 5.56. The molecular weight excluding hydrogens is 260 g/mol. The van der Waals surface area contributed by atoms with Crippen molar-refractivity contribution in [1.29, 1.82) is 0 Å². The highest BCUT2D eigenvalue weighted by Crippen LogP contribution is 2.42. The summed E-state index contributed by atoms with van der Waals surface area (Å²) in [5.74, 6) is 2.24. The Hall–Kier alpha value is -1.02. The van der Waals surface area contributed by atoms with Crippen LogP contribution in [0.3, 0.4) is 0 Å². The molecule has 2 rings (SSSR count). The van der Waals surface area contributed by atoms with Crippen molar-refractivity contribution in [2.24, 2.45) is 11.8 Å². The Bertz CT molecular complexity index is 435. The van der Waals surface area contributed by atoms with Gasteiger partial charge in [-0.1, -0.05) is 32.4 Å². The molecule has 2 nitrogen and oxygen atoms in total. The van der Waals surface area contributed by atoms with Gasteiger partial charge in [0.05, 0.1) is 11.7 Å². The molecule has 0 radical (unpaired) electrons. The molecule has 1 aromatic carbocycles. The fraction of sp³-hybridized carbons (Fsp3) is 0.684. The van der Waals surface area contributed by atoms with Gasteiger partial charge in [0.1, 0.15) is 5.75 Å². The van der Waals surface area contributed by atoms with Crippen molar-refractivity contribution in [2.45, 2.75) is 71.5 Å². The second-order valence-corrected chi connectivity index (χ2v) is 7.31. The molecule has 1 aliphatic rings. The largest absolute Gasteiger partial charge is 0.491 e. The first-order valence-corrected chi connectivity index (χ1v) is 8.38. The van der Waals surface area contributed by atoms with Gasteiger partial charge in [0.2, 0.25) is 0 Å². The lowest BCUT2D eigenvalue weighted by atomic mass is 9.72. The standard InChI is InChI=1S/C19H30O2/c1-14(2)12-16-6-5-11-19(20,13-16)17-7-9-18(10-8-17)21-15(3)4/h7-10,14-16,20H,5-6,11-13H2,1-4H3. The lowest BCUT2D eigenvalue weighted by molar-refractivity contribution is -0.0245. The van der Waals surface area contributed by atoms with Crippen molar-refractivity contribution in [2.75, 3.05) is 0 Å². The molecule has 1 fully saturated rings. The molecule has 2 heteroatoms. The van der Waals surface area contributed by atoms with E-state index in [0.717, 1.165) is 30.6 Å². The summed E-state index contributed by atoms with van der Waals surface area (Å²) in [7, 11) is 0. The Balaban J connectivity index is 2.08. The number of ether oxygens (including phenoxy) is 1. The van der Waals surface area contributed by atoms with Gasteiger partial charge < -0.3 is 9.84 Å². The van der Waals surface area contributed by atoms with Gasteiger partial charge >= 0.3 is 0 Å². The average molecular weight is 290 g/mol. The molecule has 0 aliphatic heterocycles. The molecular formula is C19H30O2. The minimum Gasteiger partial charge on any atom is -0.491 e. The zero-order valence-corrected chi connectivity index (χ0v) is 13.9. The van der Waals surface area contributed by atoms with Crippen LogP contribution in [-0.4, -0.2) is 11.2 Å². The molecule has 2 unspecified atom stereocenters. The minimum absolute atomic E-state index is 0.184. The van der Waals surface area contributed by atoms with E-state index >= 15 is 0 Å². The summed E-state index contributed by atoms with van der Waals surface area (Å²) < 4.78 is 5.68. The maximum atomic E-state index is 11.1. The van der Waals surface area contributed by atoms with Gasteiger partial charge in [-0.3, -0.25) is 0 Å². The van der Waals surface area contributed by atoms with E-state index in [-0.39, 0.29) is 6.10 Å². The monoisotopic (exact) mass is 290 g/mol. The quantitative estimate of drug-likeness (QED) is 0.836. The molecule has 0 bridgehead atoms. The highest BCUT2D eigenvalue weighted by molar-refractivity contribution is 5.31. The van der Waals surface area contributed by atoms with Gasteiger partial charge in [0, 0.05) is 0 Å². The molecule has 0 spiro atoms. The lowest BCUT2D eigenvalue weighted by Crippen LogP contribution is -2.33. The van der Waals surface area contributed by atoms with Crippen molar-refractivity contribution in [3.8, 4) is 5.75 Å². The summed E-state index contributed by atoms with van der Waals surface area (Å²) in [5.41, 5.74) is 0.404. The van der Waals surface area contributed by atoms with Crippen LogP contribution in [0.1, 0.15) is 65.4 Å². The summed E-state index contributed by atoms with van der Waals surface area (Å²) in [6.45, 7) is 8.59. The Kier molecular flexibility index (Phi) is 5.32. The lowest BCUT2D eigenvalue weighted by Gasteiger charge is -2.38. The number of rotatable bonds is 5. The van der Waals surface area contributed by atoms with Crippen LogP contribution >= 0.6 is 0 Å². The van der Waals surface area contributed by atoms with Crippen LogP contribution < -0.4 is 4.74 Å². The van der Waals surface area contributed by atoms with Gasteiger partial charge in [-0.05, 0) is 69.1 Å². The van der Waals surface area contributed by atoms with Crippen LogP contribution in [0.25, 0.3) is 0 Å². The normalized spacial score (nSPS) is 26.3. The zero-order valence-electron chi connectivity index (χ0n) is 13.9. The second-order valence-electron chi connectivity index (χ2n) is 7.31. The second kappa shape index (κ2) is 6.83. The fourth-order valence-corrected chi connectivity index (χ4v) is 3.61. The van der Waals surface area contributed by atoms with Gasteiger partial charge in [-0.15, -0.1) is 0 Å². The van der Waals surface area contributed by atoms with E-state index in [0.29, 0.717) is 11.8 Å². The highest BCUT2D eigenvalue weighted by Gasteiger charge is 2.35. The van der Waals surface area contributed by atoms with Gasteiger partial charge in [-0.2, -0.15) is 0 Å². The van der Waals surface area contributed by atoms with Crippen molar-refractivity contribution < 1.29 is 9.84 Å². The SMILES string of the molecule is CC(C)CC1CCCC(O)(c2ccc(OC(C)C)cc2)C1. The maximum Gasteiger partial charge on any atom is 0.119 e. The molecule has 2 atom stereocenters. The minimum atomic E-state index is -0.645. The predicted octanol–water partition coefficient (Wildman–Crippen LogP) is 4.90. The van der Waals surface area contributed by atoms with Crippen LogP contribution in [0, 0.1) is 11.8 Å². The van der Waals surface area contributed by atoms with Crippen LogP contribution in [0.4, 0.5) is 0 Å². The molecule has 118 valence electrons. The number of benzene rings is 1. The summed E-state index contributed by atoms with van der Waals surface area (Å²) in [6, 6.07) is 8.05. The smallest absolute Gasteiger partial charge is 0.119 e. The van der Waals surface area contributed by atoms with Crippen LogP contribution in [0.5, 0.6) is 5.75 Å². The third-order valence-corrected chi connectivity index (χ3v) is 4.40. The third kappa shape index (κ3) is 4.47. The molecule has 21 heavy (non-hydrogen) atoms. The van der Waals surface area contributed by atoms with Gasteiger partial charge in [-0.25, -0.2) is 0 Å². The zero-order chi connectivity index (χ0) is 15.5. The van der Waals surface area contributed by atoms with Crippen LogP contribution in [0.2, 0.25) is 0 Å². The average Bonchev–Trinajstić information content (AvgIpc) is 2.38. The van der Waals surface area contributed by atoms with Crippen LogP contribution in [0.15, 0.2) is 24.3 Å². The van der Waals surface area contributed by atoms with Crippen molar-refractivity contribution in [1.82, 2.24) is 0 Å². The fourth-order valence-electron chi connectivity index (χ4n) is 3.61. The summed E-state index contributed by atoms with van der Waals surface area (Å²) in [5, 5.41) is 11.1. The van der Waals surface area contributed by atoms with E-state index < -0.39 is 5.60 Å². The van der Waals surface area contributed by atoms with E-state index in [2.05, 4.69) is 13.8 Å². The van der Waals surface area contributed by atoms with E-state index in [1.54, 1.807) is 0 Å². The number of aliphatic hydroxyl groups is 1. The van der Waals surface area contributed by atoms with Crippen molar-refractivity contribution in [3.63, 3.8) is 0 Å². The van der Waals surface area contributed by atoms with Gasteiger partial charge in [0.25, 0.3) is 0 Å². The Morgan fingerprint density at radius 3 is 2.43 bits per heavy atom. The van der Waals surface area contributed by atoms with Crippen molar-refractivity contribution in [3.05, 3.63) is 29.8 Å². The molecule has 1 saturated carbocycles. The van der Waals surface area contributed by atoms with E-state index in [1.807, 2.05) is 38.1 Å². The first kappa shape index (κ1) is 16.4. The predicted molar refractivity (Wildman–Crippen MR) is 87.5 cm³/mol. The third-order valence-electron chi connectivity index (χ3n) is 4.40. The Labute approximate surface area is 129 Å². The summed E-state index contributed by atoms with van der Waals surface area (Å²) in [4.78, 5) is 0. The molecule has 1 aromatic rings. The Morgan fingerprint density at radius 2 is 1.86 bits per heavy atom. The highest BCUT2D eigenvalue weighted by atomic mass is 16.5. The molecule has 0 heterocycles. The molecule has 1 aliphatic carbocycles. The number of hydrogen-bond acceptors (Lipinski definition) is 2. The molecule has 0 saturated heterocycles. The molecule has 1 N–H and O–H groups in total. The van der Waals surface area contributed by atoms with E-state index in [4.69, 9.17) is 4.74 Å². The molecule has 0 amide bonds. The number of hydrogen-bond donors (Lipinski definition) is 1. The Morgan fingerprint density at radius 1 is 1.19 bits per heavy atom. The van der Waals surface area contributed by atoms with E-state index in [9.17, 15) is 5.11 Å².